The zero-order chi connectivity index (χ0) is 27.6. The summed E-state index contributed by atoms with van der Waals surface area (Å²) < 4.78 is 93.1. The third-order valence-corrected chi connectivity index (χ3v) is 6.16. The molecule has 0 spiro atoms. The van der Waals surface area contributed by atoms with Crippen LogP contribution < -0.4 is 5.32 Å². The zero-order valence-corrected chi connectivity index (χ0v) is 20.6. The van der Waals surface area contributed by atoms with Gasteiger partial charge in [-0.25, -0.2) is 13.2 Å². The standard InChI is InChI=1S/C16H27NO17S2/c1-5-9(19)10(20)13(14(31-5)15(21)22)33-16-8(17-6(2)18)12(29-3)11(34-36(26,27)28)7(32-16)4-30-35(23,24)25/h5,7-14,16,19-20H,4H2,1-3H3,(H,17,18)(H,21,22)(H,23,24,25)(H,26,27,28). The number of carboxylic acids is 1. The average molecular weight is 570 g/mol. The van der Waals surface area contributed by atoms with E-state index in [0.29, 0.717) is 0 Å². The molecule has 0 bridgehead atoms. The van der Waals surface area contributed by atoms with Crippen molar-refractivity contribution in [3.8, 4) is 0 Å². The van der Waals surface area contributed by atoms with E-state index < -0.39 is 100 Å². The van der Waals surface area contributed by atoms with Crippen molar-refractivity contribution in [1.29, 1.82) is 0 Å². The summed E-state index contributed by atoms with van der Waals surface area (Å²) in [5, 5.41) is 32.4. The number of rotatable bonds is 10. The van der Waals surface area contributed by atoms with Gasteiger partial charge >= 0.3 is 26.8 Å². The van der Waals surface area contributed by atoms with E-state index in [1.165, 1.54) is 6.92 Å². The fourth-order valence-corrected chi connectivity index (χ4v) is 4.60. The minimum atomic E-state index is -5.24. The summed E-state index contributed by atoms with van der Waals surface area (Å²) >= 11 is 0. The van der Waals surface area contributed by atoms with Crippen LogP contribution in [-0.4, -0.2) is 128 Å². The Morgan fingerprint density at radius 2 is 1.58 bits per heavy atom. The molecule has 0 saturated carbocycles. The van der Waals surface area contributed by atoms with E-state index in [9.17, 15) is 46.3 Å². The minimum Gasteiger partial charge on any atom is -0.479 e. The maximum atomic E-state index is 11.8. The highest BCUT2D eigenvalue weighted by Gasteiger charge is 2.54. The van der Waals surface area contributed by atoms with Gasteiger partial charge in [0.05, 0.1) is 12.7 Å². The van der Waals surface area contributed by atoms with Gasteiger partial charge in [-0.2, -0.15) is 16.8 Å². The summed E-state index contributed by atoms with van der Waals surface area (Å²) in [5.74, 6) is -2.37. The molecule has 18 nitrogen and oxygen atoms in total. The first-order valence-electron chi connectivity index (χ1n) is 10.1. The summed E-state index contributed by atoms with van der Waals surface area (Å²) in [6.07, 6.45) is -15.5. The first kappa shape index (κ1) is 30.7. The second-order valence-corrected chi connectivity index (χ2v) is 9.99. The van der Waals surface area contributed by atoms with Crippen LogP contribution in [0.3, 0.4) is 0 Å². The topological polar surface area (TPSA) is 271 Å². The van der Waals surface area contributed by atoms with Crippen molar-refractivity contribution in [2.24, 2.45) is 0 Å². The van der Waals surface area contributed by atoms with Crippen LogP contribution in [-0.2, 0) is 57.7 Å². The lowest BCUT2D eigenvalue weighted by Gasteiger charge is -2.47. The highest BCUT2D eigenvalue weighted by molar-refractivity contribution is 7.81. The van der Waals surface area contributed by atoms with Gasteiger partial charge in [0.1, 0.15) is 42.7 Å². The second-order valence-electron chi connectivity index (χ2n) is 7.85. The fraction of sp³-hybridized carbons (Fsp3) is 0.875. The smallest absolute Gasteiger partial charge is 0.397 e. The van der Waals surface area contributed by atoms with Gasteiger partial charge in [-0.3, -0.25) is 13.9 Å². The molecule has 0 aromatic heterocycles. The third kappa shape index (κ3) is 7.97. The lowest BCUT2D eigenvalue weighted by molar-refractivity contribution is -0.316. The normalized spacial score (nSPS) is 37.9. The predicted molar refractivity (Wildman–Crippen MR) is 110 cm³/mol. The predicted octanol–water partition coefficient (Wildman–Crippen LogP) is -3.78. The number of carbonyl (C=O) groups is 2. The van der Waals surface area contributed by atoms with Crippen LogP contribution in [0, 0.1) is 0 Å². The first-order valence-corrected chi connectivity index (χ1v) is 12.8. The number of amides is 1. The highest BCUT2D eigenvalue weighted by atomic mass is 32.3. The molecule has 2 aliphatic heterocycles. The lowest BCUT2D eigenvalue weighted by atomic mass is 9.94. The summed E-state index contributed by atoms with van der Waals surface area (Å²) in [7, 11) is -9.34. The van der Waals surface area contributed by atoms with E-state index in [2.05, 4.69) is 13.7 Å². The number of ether oxygens (including phenoxy) is 4. The van der Waals surface area contributed by atoms with Gasteiger partial charge in [0.15, 0.2) is 12.4 Å². The molecule has 210 valence electrons. The van der Waals surface area contributed by atoms with Gasteiger partial charge in [0, 0.05) is 14.0 Å². The molecule has 36 heavy (non-hydrogen) atoms. The number of carboxylic acid groups (broad SMARTS) is 1. The monoisotopic (exact) mass is 569 g/mol. The summed E-state index contributed by atoms with van der Waals surface area (Å²) in [4.78, 5) is 23.6. The second kappa shape index (κ2) is 11.9. The quantitative estimate of drug-likeness (QED) is 0.138. The molecule has 10 atom stereocenters. The van der Waals surface area contributed by atoms with Crippen molar-refractivity contribution in [1.82, 2.24) is 5.32 Å². The van der Waals surface area contributed by atoms with E-state index in [1.54, 1.807) is 0 Å². The van der Waals surface area contributed by atoms with Crippen LogP contribution in [0.15, 0.2) is 0 Å². The lowest BCUT2D eigenvalue weighted by Crippen LogP contribution is -2.68. The van der Waals surface area contributed by atoms with Gasteiger partial charge in [-0.15, -0.1) is 0 Å². The van der Waals surface area contributed by atoms with Crippen molar-refractivity contribution in [3.63, 3.8) is 0 Å². The van der Waals surface area contributed by atoms with Crippen LogP contribution in [0.25, 0.3) is 0 Å². The summed E-state index contributed by atoms with van der Waals surface area (Å²) in [6.45, 7) is 1.18. The van der Waals surface area contributed by atoms with E-state index in [-0.39, 0.29) is 0 Å². The maximum absolute atomic E-state index is 11.8. The van der Waals surface area contributed by atoms with E-state index in [0.717, 1.165) is 14.0 Å². The molecule has 2 fully saturated rings. The molecule has 2 saturated heterocycles. The fourth-order valence-electron chi connectivity index (χ4n) is 3.78. The van der Waals surface area contributed by atoms with Crippen molar-refractivity contribution < 1.29 is 78.2 Å². The molecule has 10 unspecified atom stereocenters. The largest absolute Gasteiger partial charge is 0.479 e. The van der Waals surface area contributed by atoms with E-state index in [4.69, 9.17) is 23.5 Å². The summed E-state index contributed by atoms with van der Waals surface area (Å²) in [5.41, 5.74) is 0. The van der Waals surface area contributed by atoms with Crippen molar-refractivity contribution in [3.05, 3.63) is 0 Å². The van der Waals surface area contributed by atoms with Crippen molar-refractivity contribution >= 4 is 32.7 Å². The van der Waals surface area contributed by atoms with Crippen LogP contribution >= 0.6 is 0 Å². The van der Waals surface area contributed by atoms with Gasteiger partial charge < -0.3 is 39.6 Å². The Hall–Kier alpha value is -1.56. The molecule has 1 amide bonds. The van der Waals surface area contributed by atoms with Gasteiger partial charge in [-0.1, -0.05) is 0 Å². The molecular weight excluding hydrogens is 542 g/mol. The Balaban J connectivity index is 2.49. The maximum Gasteiger partial charge on any atom is 0.397 e. The zero-order valence-electron chi connectivity index (χ0n) is 18.9. The molecule has 0 aromatic rings. The number of aliphatic hydroxyl groups is 2. The molecule has 0 aromatic carbocycles. The van der Waals surface area contributed by atoms with Crippen molar-refractivity contribution in [2.45, 2.75) is 75.0 Å². The highest BCUT2D eigenvalue weighted by Crippen LogP contribution is 2.32. The molecule has 2 heterocycles. The Bertz CT molecular complexity index is 1000. The molecule has 0 aliphatic carbocycles. The average Bonchev–Trinajstić information content (AvgIpc) is 2.72. The van der Waals surface area contributed by atoms with Crippen LogP contribution in [0.4, 0.5) is 0 Å². The van der Waals surface area contributed by atoms with Crippen LogP contribution in [0.2, 0.25) is 0 Å². The molecular formula is C16H27NO17S2. The van der Waals surface area contributed by atoms with Gasteiger partial charge in [-0.05, 0) is 6.92 Å². The first-order chi connectivity index (χ1) is 16.4. The number of carbonyl (C=O) groups excluding carboxylic acids is 1. The SMILES string of the molecule is COC1C(NC(C)=O)C(OC2C(C(=O)O)OC(C)C(O)C2O)OC(COS(=O)(=O)O)C1OS(=O)(=O)O. The van der Waals surface area contributed by atoms with Gasteiger partial charge in [0.25, 0.3) is 0 Å². The molecule has 20 heteroatoms. The van der Waals surface area contributed by atoms with Gasteiger partial charge in [0.2, 0.25) is 5.91 Å². The van der Waals surface area contributed by atoms with Crippen molar-refractivity contribution in [2.75, 3.05) is 13.7 Å². The minimum absolute atomic E-state index is 0.763. The number of hydrogen-bond donors (Lipinski definition) is 6. The third-order valence-electron chi connectivity index (χ3n) is 5.26. The van der Waals surface area contributed by atoms with Crippen LogP contribution in [0.1, 0.15) is 13.8 Å². The Morgan fingerprint density at radius 1 is 0.972 bits per heavy atom. The van der Waals surface area contributed by atoms with E-state index >= 15 is 0 Å². The Kier molecular flexibility index (Phi) is 10.1. The molecule has 2 aliphatic rings. The van der Waals surface area contributed by atoms with Crippen LogP contribution in [0.5, 0.6) is 0 Å². The Labute approximate surface area is 205 Å². The Morgan fingerprint density at radius 3 is 2.06 bits per heavy atom. The molecule has 0 radical (unpaired) electrons. The number of methoxy groups -OCH3 is 1. The number of hydrogen-bond acceptors (Lipinski definition) is 14. The number of aliphatic hydroxyl groups excluding tert-OH is 2. The molecule has 6 N–H and O–H groups in total. The summed E-state index contributed by atoms with van der Waals surface area (Å²) in [6, 6.07) is -1.54. The number of nitrogens with one attached hydrogen (secondary N) is 1. The van der Waals surface area contributed by atoms with E-state index in [1.807, 2.05) is 0 Å². The number of aliphatic carboxylic acids is 1. The molecule has 2 rings (SSSR count).